The Morgan fingerprint density at radius 3 is 2.20 bits per heavy atom. The van der Waals surface area contributed by atoms with Gasteiger partial charge >= 0.3 is 0 Å². The molecule has 1 saturated heterocycles. The molecule has 0 saturated carbocycles. The molecule has 0 aromatic carbocycles. The number of hydrogen-bond acceptors (Lipinski definition) is 3. The molecular weight excluding hydrogens is 204 g/mol. The van der Waals surface area contributed by atoms with Crippen LogP contribution in [0.1, 0.15) is 27.7 Å². The van der Waals surface area contributed by atoms with E-state index in [0.29, 0.717) is 11.8 Å². The highest BCUT2D eigenvalue weighted by Crippen LogP contribution is 2.25. The fourth-order valence-corrected chi connectivity index (χ4v) is 3.71. The SMILES string of the molecule is CC1CN(CC(CN)C(C)C)CC(C)S1. The minimum absolute atomic E-state index is 0.660. The summed E-state index contributed by atoms with van der Waals surface area (Å²) >= 11 is 2.12. The maximum atomic E-state index is 5.83. The van der Waals surface area contributed by atoms with E-state index >= 15 is 0 Å². The van der Waals surface area contributed by atoms with Crippen LogP contribution in [0.5, 0.6) is 0 Å². The lowest BCUT2D eigenvalue weighted by atomic mass is 9.95. The predicted octanol–water partition coefficient (Wildman–Crippen LogP) is 2.04. The smallest absolute Gasteiger partial charge is 0.0149 e. The van der Waals surface area contributed by atoms with Crippen molar-refractivity contribution in [1.82, 2.24) is 4.90 Å². The van der Waals surface area contributed by atoms with Crippen LogP contribution in [0.4, 0.5) is 0 Å². The van der Waals surface area contributed by atoms with Gasteiger partial charge in [0.15, 0.2) is 0 Å². The lowest BCUT2D eigenvalue weighted by Crippen LogP contribution is -2.44. The van der Waals surface area contributed by atoms with Crippen molar-refractivity contribution in [1.29, 1.82) is 0 Å². The highest BCUT2D eigenvalue weighted by atomic mass is 32.2. The van der Waals surface area contributed by atoms with E-state index in [2.05, 4.69) is 44.4 Å². The minimum Gasteiger partial charge on any atom is -0.330 e. The van der Waals surface area contributed by atoms with Gasteiger partial charge < -0.3 is 10.6 Å². The van der Waals surface area contributed by atoms with Crippen molar-refractivity contribution in [2.75, 3.05) is 26.2 Å². The fourth-order valence-electron chi connectivity index (χ4n) is 2.32. The van der Waals surface area contributed by atoms with Crippen LogP contribution in [0.3, 0.4) is 0 Å². The van der Waals surface area contributed by atoms with Crippen LogP contribution in [0, 0.1) is 11.8 Å². The molecule has 2 N–H and O–H groups in total. The molecule has 1 heterocycles. The zero-order valence-electron chi connectivity index (χ0n) is 10.6. The molecule has 3 unspecified atom stereocenters. The van der Waals surface area contributed by atoms with Gasteiger partial charge in [-0.25, -0.2) is 0 Å². The third-order valence-electron chi connectivity index (χ3n) is 3.23. The number of rotatable bonds is 4. The summed E-state index contributed by atoms with van der Waals surface area (Å²) in [6.07, 6.45) is 0. The molecule has 1 rings (SSSR count). The van der Waals surface area contributed by atoms with Crippen LogP contribution in [0.2, 0.25) is 0 Å². The summed E-state index contributed by atoms with van der Waals surface area (Å²) in [6.45, 7) is 13.7. The van der Waals surface area contributed by atoms with Crippen molar-refractivity contribution in [2.24, 2.45) is 17.6 Å². The molecule has 15 heavy (non-hydrogen) atoms. The lowest BCUT2D eigenvalue weighted by molar-refractivity contribution is 0.203. The Labute approximate surface area is 99.0 Å². The van der Waals surface area contributed by atoms with Crippen LogP contribution >= 0.6 is 11.8 Å². The zero-order valence-corrected chi connectivity index (χ0v) is 11.4. The van der Waals surface area contributed by atoms with E-state index in [1.54, 1.807) is 0 Å². The first kappa shape index (κ1) is 13.3. The molecule has 1 fully saturated rings. The van der Waals surface area contributed by atoms with Crippen molar-refractivity contribution in [3.05, 3.63) is 0 Å². The van der Waals surface area contributed by atoms with Gasteiger partial charge in [-0.1, -0.05) is 27.7 Å². The maximum absolute atomic E-state index is 5.83. The Bertz CT molecular complexity index is 174. The second kappa shape index (κ2) is 6.12. The van der Waals surface area contributed by atoms with Crippen LogP contribution in [0.25, 0.3) is 0 Å². The monoisotopic (exact) mass is 230 g/mol. The van der Waals surface area contributed by atoms with Crippen LogP contribution < -0.4 is 5.73 Å². The van der Waals surface area contributed by atoms with Crippen molar-refractivity contribution in [2.45, 2.75) is 38.2 Å². The molecule has 0 amide bonds. The maximum Gasteiger partial charge on any atom is 0.0149 e. The molecule has 0 radical (unpaired) electrons. The highest BCUT2D eigenvalue weighted by molar-refractivity contribution is 8.00. The summed E-state index contributed by atoms with van der Waals surface area (Å²) in [5, 5.41) is 1.55. The van der Waals surface area contributed by atoms with Crippen molar-refractivity contribution >= 4 is 11.8 Å². The third kappa shape index (κ3) is 4.33. The Morgan fingerprint density at radius 2 is 1.80 bits per heavy atom. The van der Waals surface area contributed by atoms with Gasteiger partial charge in [-0.2, -0.15) is 11.8 Å². The molecule has 0 spiro atoms. The summed E-state index contributed by atoms with van der Waals surface area (Å²) in [7, 11) is 0. The van der Waals surface area contributed by atoms with Gasteiger partial charge in [0.05, 0.1) is 0 Å². The van der Waals surface area contributed by atoms with E-state index in [1.165, 1.54) is 19.6 Å². The molecule has 0 bridgehead atoms. The standard InChI is InChI=1S/C12H26N2S/c1-9(2)12(5-13)8-14-6-10(3)15-11(4)7-14/h9-12H,5-8,13H2,1-4H3. The van der Waals surface area contributed by atoms with Gasteiger partial charge in [0.25, 0.3) is 0 Å². The summed E-state index contributed by atoms with van der Waals surface area (Å²) in [5.74, 6) is 1.36. The van der Waals surface area contributed by atoms with Crippen LogP contribution in [-0.4, -0.2) is 41.6 Å². The summed E-state index contributed by atoms with van der Waals surface area (Å²) in [6, 6.07) is 0. The van der Waals surface area contributed by atoms with Crippen molar-refractivity contribution in [3.63, 3.8) is 0 Å². The molecule has 3 atom stereocenters. The summed E-state index contributed by atoms with van der Waals surface area (Å²) < 4.78 is 0. The van der Waals surface area contributed by atoms with Gasteiger partial charge in [-0.05, 0) is 18.4 Å². The van der Waals surface area contributed by atoms with Gasteiger partial charge in [-0.3, -0.25) is 0 Å². The van der Waals surface area contributed by atoms with E-state index in [-0.39, 0.29) is 0 Å². The Kier molecular flexibility index (Phi) is 5.44. The Balaban J connectivity index is 2.42. The topological polar surface area (TPSA) is 29.3 Å². The molecular formula is C12H26N2S. The largest absolute Gasteiger partial charge is 0.330 e. The first-order chi connectivity index (χ1) is 7.02. The second-order valence-electron chi connectivity index (χ2n) is 5.22. The first-order valence-electron chi connectivity index (χ1n) is 6.10. The highest BCUT2D eigenvalue weighted by Gasteiger charge is 2.24. The number of hydrogen-bond donors (Lipinski definition) is 1. The molecule has 1 aliphatic rings. The quantitative estimate of drug-likeness (QED) is 0.801. The van der Waals surface area contributed by atoms with Crippen molar-refractivity contribution in [3.8, 4) is 0 Å². The lowest BCUT2D eigenvalue weighted by Gasteiger charge is -2.37. The van der Waals surface area contributed by atoms with Gasteiger partial charge in [-0.15, -0.1) is 0 Å². The van der Waals surface area contributed by atoms with E-state index in [1.807, 2.05) is 0 Å². The first-order valence-corrected chi connectivity index (χ1v) is 7.05. The van der Waals surface area contributed by atoms with E-state index in [9.17, 15) is 0 Å². The zero-order chi connectivity index (χ0) is 11.4. The van der Waals surface area contributed by atoms with Gasteiger partial charge in [0.2, 0.25) is 0 Å². The molecule has 2 nitrogen and oxygen atoms in total. The van der Waals surface area contributed by atoms with Gasteiger partial charge in [0.1, 0.15) is 0 Å². The predicted molar refractivity (Wildman–Crippen MR) is 70.3 cm³/mol. The molecule has 3 heteroatoms. The minimum atomic E-state index is 0.660. The average Bonchev–Trinajstić information content (AvgIpc) is 2.12. The fraction of sp³-hybridized carbons (Fsp3) is 1.00. The molecule has 0 aromatic heterocycles. The third-order valence-corrected chi connectivity index (χ3v) is 4.46. The van der Waals surface area contributed by atoms with E-state index in [4.69, 9.17) is 5.73 Å². The number of nitrogens with two attached hydrogens (primary N) is 1. The molecule has 0 aromatic rings. The van der Waals surface area contributed by atoms with E-state index in [0.717, 1.165) is 17.0 Å². The van der Waals surface area contributed by atoms with Gasteiger partial charge in [0, 0.05) is 30.1 Å². The number of nitrogens with zero attached hydrogens (tertiary/aromatic N) is 1. The Hall–Kier alpha value is 0.270. The normalized spacial score (nSPS) is 30.8. The number of thioether (sulfide) groups is 1. The van der Waals surface area contributed by atoms with Crippen molar-refractivity contribution < 1.29 is 0 Å². The Morgan fingerprint density at radius 1 is 1.27 bits per heavy atom. The van der Waals surface area contributed by atoms with Crippen LogP contribution in [-0.2, 0) is 0 Å². The summed E-state index contributed by atoms with van der Waals surface area (Å²) in [4.78, 5) is 2.60. The molecule has 90 valence electrons. The average molecular weight is 230 g/mol. The summed E-state index contributed by atoms with van der Waals surface area (Å²) in [5.41, 5.74) is 5.83. The second-order valence-corrected chi connectivity index (χ2v) is 7.10. The van der Waals surface area contributed by atoms with Crippen LogP contribution in [0.15, 0.2) is 0 Å². The molecule has 0 aliphatic carbocycles. The molecule has 1 aliphatic heterocycles. The van der Waals surface area contributed by atoms with E-state index < -0.39 is 0 Å².